The lowest BCUT2D eigenvalue weighted by Gasteiger charge is -2.38. The highest BCUT2D eigenvalue weighted by atomic mass is 15.0. The minimum Gasteiger partial charge on any atom is -0.307 e. The van der Waals surface area contributed by atoms with Gasteiger partial charge >= 0.3 is 0 Å². The smallest absolute Gasteiger partial charge is 0.0294 e. The first kappa shape index (κ1) is 13.4. The molecular weight excluding hydrogens is 242 g/mol. The number of hydrogen-bond donors (Lipinski definition) is 1. The van der Waals surface area contributed by atoms with Crippen LogP contribution in [0.2, 0.25) is 0 Å². The number of hydrogen-bond acceptors (Lipinski definition) is 1. The van der Waals surface area contributed by atoms with E-state index in [1.807, 2.05) is 0 Å². The highest BCUT2D eigenvalue weighted by molar-refractivity contribution is 5.28. The molecule has 0 spiro atoms. The molecule has 0 unspecified atom stereocenters. The number of rotatable bonds is 4. The molecule has 1 aliphatic carbocycles. The molecule has 0 aliphatic heterocycles. The summed E-state index contributed by atoms with van der Waals surface area (Å²) in [5, 5.41) is 3.75. The summed E-state index contributed by atoms with van der Waals surface area (Å²) in [7, 11) is 0. The fourth-order valence-corrected chi connectivity index (χ4v) is 3.14. The van der Waals surface area contributed by atoms with E-state index in [1.165, 1.54) is 29.5 Å². The summed E-state index contributed by atoms with van der Waals surface area (Å²) in [6.45, 7) is 4.44. The summed E-state index contributed by atoms with van der Waals surface area (Å²) < 4.78 is 0. The number of nitrogens with one attached hydrogen (secondary N) is 1. The first-order valence-corrected chi connectivity index (χ1v) is 7.60. The van der Waals surface area contributed by atoms with Crippen LogP contribution in [0.25, 0.3) is 0 Å². The van der Waals surface area contributed by atoms with Crippen LogP contribution in [-0.4, -0.2) is 6.04 Å². The Balaban J connectivity index is 1.54. The van der Waals surface area contributed by atoms with Crippen LogP contribution in [-0.2, 0) is 0 Å². The molecule has 1 nitrogen and oxygen atoms in total. The monoisotopic (exact) mass is 265 g/mol. The van der Waals surface area contributed by atoms with E-state index in [4.69, 9.17) is 0 Å². The zero-order chi connectivity index (χ0) is 13.9. The molecule has 0 bridgehead atoms. The Morgan fingerprint density at radius 3 is 2.45 bits per heavy atom. The predicted octanol–water partition coefficient (Wildman–Crippen LogP) is 4.59. The van der Waals surface area contributed by atoms with Crippen molar-refractivity contribution in [2.75, 3.05) is 0 Å². The van der Waals surface area contributed by atoms with E-state index in [-0.39, 0.29) is 0 Å². The lowest BCUT2D eigenvalue weighted by Crippen LogP contribution is -2.41. The molecule has 20 heavy (non-hydrogen) atoms. The van der Waals surface area contributed by atoms with Crippen LogP contribution in [0.4, 0.5) is 0 Å². The molecular formula is C19H23N. The largest absolute Gasteiger partial charge is 0.307 e. The number of benzene rings is 2. The molecule has 0 radical (unpaired) electrons. The first-order valence-electron chi connectivity index (χ1n) is 7.60. The van der Waals surface area contributed by atoms with Crippen molar-refractivity contribution >= 4 is 0 Å². The van der Waals surface area contributed by atoms with Gasteiger partial charge < -0.3 is 5.32 Å². The highest BCUT2D eigenvalue weighted by Crippen LogP contribution is 2.38. The number of aryl methyl sites for hydroxylation is 1. The van der Waals surface area contributed by atoms with Gasteiger partial charge in [0.15, 0.2) is 0 Å². The molecule has 2 aromatic rings. The minimum absolute atomic E-state index is 0.444. The normalized spacial score (nSPS) is 23.1. The van der Waals surface area contributed by atoms with Gasteiger partial charge in [0.05, 0.1) is 0 Å². The summed E-state index contributed by atoms with van der Waals surface area (Å²) in [5.41, 5.74) is 4.26. The van der Waals surface area contributed by atoms with Crippen molar-refractivity contribution < 1.29 is 0 Å². The minimum atomic E-state index is 0.444. The Morgan fingerprint density at radius 1 is 1.00 bits per heavy atom. The molecule has 1 atom stereocenters. The Kier molecular flexibility index (Phi) is 3.88. The second-order valence-electron chi connectivity index (χ2n) is 6.08. The van der Waals surface area contributed by atoms with Crippen molar-refractivity contribution in [1.29, 1.82) is 0 Å². The molecule has 1 heteroatoms. The maximum atomic E-state index is 3.75. The third kappa shape index (κ3) is 2.94. The second kappa shape index (κ2) is 5.80. The van der Waals surface area contributed by atoms with Crippen molar-refractivity contribution in [2.45, 2.75) is 44.7 Å². The first-order chi connectivity index (χ1) is 9.72. The predicted molar refractivity (Wildman–Crippen MR) is 84.9 cm³/mol. The average molecular weight is 265 g/mol. The molecule has 1 aliphatic rings. The lowest BCUT2D eigenvalue weighted by molar-refractivity contribution is 0.271. The van der Waals surface area contributed by atoms with Gasteiger partial charge in [0, 0.05) is 12.1 Å². The van der Waals surface area contributed by atoms with E-state index in [0.29, 0.717) is 12.1 Å². The van der Waals surface area contributed by atoms with Crippen molar-refractivity contribution in [2.24, 2.45) is 0 Å². The van der Waals surface area contributed by atoms with Crippen molar-refractivity contribution in [3.8, 4) is 0 Å². The van der Waals surface area contributed by atoms with Crippen LogP contribution in [0, 0.1) is 6.92 Å². The van der Waals surface area contributed by atoms with Gasteiger partial charge in [0.1, 0.15) is 0 Å². The van der Waals surface area contributed by atoms with Crippen LogP contribution in [0.1, 0.15) is 48.4 Å². The molecule has 104 valence electrons. The lowest BCUT2D eigenvalue weighted by atomic mass is 9.75. The molecule has 2 aromatic carbocycles. The Labute approximate surface area is 122 Å². The molecule has 1 saturated carbocycles. The van der Waals surface area contributed by atoms with Crippen LogP contribution < -0.4 is 5.32 Å². The molecule has 0 heterocycles. The van der Waals surface area contributed by atoms with E-state index in [9.17, 15) is 0 Å². The quantitative estimate of drug-likeness (QED) is 0.852. The van der Waals surface area contributed by atoms with Gasteiger partial charge in [-0.3, -0.25) is 0 Å². The van der Waals surface area contributed by atoms with Crippen LogP contribution in [0.5, 0.6) is 0 Å². The summed E-state index contributed by atoms with van der Waals surface area (Å²) in [6, 6.07) is 20.8. The maximum absolute atomic E-state index is 3.75. The Bertz CT molecular complexity index is 555. The van der Waals surface area contributed by atoms with Crippen LogP contribution in [0.3, 0.4) is 0 Å². The van der Waals surface area contributed by atoms with E-state index in [1.54, 1.807) is 0 Å². The summed E-state index contributed by atoms with van der Waals surface area (Å²) in [6.07, 6.45) is 2.53. The maximum Gasteiger partial charge on any atom is 0.0294 e. The molecule has 1 N–H and O–H groups in total. The third-order valence-electron chi connectivity index (χ3n) is 4.44. The molecule has 3 rings (SSSR count). The second-order valence-corrected chi connectivity index (χ2v) is 6.08. The van der Waals surface area contributed by atoms with Gasteiger partial charge in [-0.25, -0.2) is 0 Å². The zero-order valence-electron chi connectivity index (χ0n) is 12.3. The van der Waals surface area contributed by atoms with E-state index >= 15 is 0 Å². The van der Waals surface area contributed by atoms with E-state index in [2.05, 4.69) is 73.8 Å². The molecule has 0 aromatic heterocycles. The van der Waals surface area contributed by atoms with Crippen LogP contribution in [0.15, 0.2) is 54.6 Å². The van der Waals surface area contributed by atoms with Gasteiger partial charge in [-0.2, -0.15) is 0 Å². The highest BCUT2D eigenvalue weighted by Gasteiger charge is 2.30. The molecule has 0 saturated heterocycles. The van der Waals surface area contributed by atoms with Gasteiger partial charge in [0.2, 0.25) is 0 Å². The van der Waals surface area contributed by atoms with Crippen LogP contribution >= 0.6 is 0 Å². The molecule has 1 fully saturated rings. The summed E-state index contributed by atoms with van der Waals surface area (Å²) >= 11 is 0. The summed E-state index contributed by atoms with van der Waals surface area (Å²) in [5.74, 6) is 0.746. The summed E-state index contributed by atoms with van der Waals surface area (Å²) in [4.78, 5) is 0. The fraction of sp³-hybridized carbons (Fsp3) is 0.368. The Morgan fingerprint density at radius 2 is 1.75 bits per heavy atom. The van der Waals surface area contributed by atoms with Crippen molar-refractivity contribution in [3.63, 3.8) is 0 Å². The fourth-order valence-electron chi connectivity index (χ4n) is 3.14. The Hall–Kier alpha value is -1.60. The van der Waals surface area contributed by atoms with E-state index < -0.39 is 0 Å². The SMILES string of the molecule is Cc1cccc(C2CC(N[C@H](C)c3ccccc3)C2)c1. The van der Waals surface area contributed by atoms with E-state index in [0.717, 1.165) is 5.92 Å². The topological polar surface area (TPSA) is 12.0 Å². The van der Waals surface area contributed by atoms with Gasteiger partial charge in [-0.1, -0.05) is 60.2 Å². The van der Waals surface area contributed by atoms with Crippen molar-refractivity contribution in [1.82, 2.24) is 5.32 Å². The van der Waals surface area contributed by atoms with Crippen molar-refractivity contribution in [3.05, 3.63) is 71.3 Å². The van der Waals surface area contributed by atoms with Gasteiger partial charge in [-0.15, -0.1) is 0 Å². The average Bonchev–Trinajstić information content (AvgIpc) is 2.43. The standard InChI is InChI=1S/C19H23N/c1-14-7-6-10-17(11-14)18-12-19(13-18)20-15(2)16-8-4-3-5-9-16/h3-11,15,18-20H,12-13H2,1-2H3/t15-,18?,19?/m1/s1. The van der Waals surface area contributed by atoms with Gasteiger partial charge in [0.25, 0.3) is 0 Å². The van der Waals surface area contributed by atoms with Gasteiger partial charge in [-0.05, 0) is 43.7 Å². The zero-order valence-corrected chi connectivity index (χ0v) is 12.3. The molecule has 0 amide bonds. The third-order valence-corrected chi connectivity index (χ3v) is 4.44.